The minimum Gasteiger partial charge on any atom is -0.399 e. The zero-order valence-electron chi connectivity index (χ0n) is 11.1. The summed E-state index contributed by atoms with van der Waals surface area (Å²) in [5.41, 5.74) is 7.31. The van der Waals surface area contributed by atoms with Gasteiger partial charge in [0.1, 0.15) is 11.0 Å². The first kappa shape index (κ1) is 15.4. The second-order valence-corrected chi connectivity index (χ2v) is 6.94. The molecule has 0 aliphatic rings. The predicted molar refractivity (Wildman–Crippen MR) is 85.3 cm³/mol. The molecule has 0 radical (unpaired) electrons. The lowest BCUT2D eigenvalue weighted by molar-refractivity contribution is 0.601. The second-order valence-electron chi connectivity index (χ2n) is 4.44. The number of aryl methyl sites for hydroxylation is 1. The van der Waals surface area contributed by atoms with Gasteiger partial charge < -0.3 is 5.73 Å². The number of halogens is 1. The van der Waals surface area contributed by atoms with Crippen molar-refractivity contribution in [3.8, 4) is 6.07 Å². The molecule has 0 saturated heterocycles. The highest BCUT2D eigenvalue weighted by atomic mass is 79.9. The van der Waals surface area contributed by atoms with Crippen LogP contribution in [0.1, 0.15) is 11.1 Å². The summed E-state index contributed by atoms with van der Waals surface area (Å²) in [7, 11) is -3.85. The lowest BCUT2D eigenvalue weighted by Crippen LogP contribution is -2.14. The topological polar surface area (TPSA) is 96.0 Å². The van der Waals surface area contributed by atoms with E-state index in [0.717, 1.165) is 10.0 Å². The fourth-order valence-electron chi connectivity index (χ4n) is 1.74. The van der Waals surface area contributed by atoms with Gasteiger partial charge in [0.25, 0.3) is 10.0 Å². The fourth-order valence-corrected chi connectivity index (χ4v) is 3.30. The molecular formula is C14H12BrN3O2S. The van der Waals surface area contributed by atoms with Gasteiger partial charge in [0.05, 0.1) is 5.56 Å². The highest BCUT2D eigenvalue weighted by molar-refractivity contribution is 9.10. The molecule has 2 rings (SSSR count). The normalized spacial score (nSPS) is 10.9. The molecule has 0 heterocycles. The smallest absolute Gasteiger partial charge is 0.263 e. The molecule has 0 amide bonds. The van der Waals surface area contributed by atoms with Crippen LogP contribution >= 0.6 is 15.9 Å². The van der Waals surface area contributed by atoms with Gasteiger partial charge in [0.15, 0.2) is 0 Å². The summed E-state index contributed by atoms with van der Waals surface area (Å²) >= 11 is 3.34. The first-order valence-corrected chi connectivity index (χ1v) is 8.20. The standard InChI is InChI=1S/C14H12BrN3O2S/c1-9-2-4-12(7-13(9)15)18-21(19,20)14-5-3-11(17)6-10(14)8-16/h2-7,18H,17H2,1H3. The van der Waals surface area contributed by atoms with Crippen LogP contribution in [0.2, 0.25) is 0 Å². The van der Waals surface area contributed by atoms with E-state index in [-0.39, 0.29) is 10.5 Å². The monoisotopic (exact) mass is 365 g/mol. The van der Waals surface area contributed by atoms with Crippen LogP contribution < -0.4 is 10.5 Å². The number of sulfonamides is 1. The number of anilines is 2. The summed E-state index contributed by atoms with van der Waals surface area (Å²) in [5, 5.41) is 9.05. The SMILES string of the molecule is Cc1ccc(NS(=O)(=O)c2ccc(N)cc2C#N)cc1Br. The Balaban J connectivity index is 2.43. The van der Waals surface area contributed by atoms with E-state index in [2.05, 4.69) is 20.7 Å². The van der Waals surface area contributed by atoms with Crippen LogP contribution in [0, 0.1) is 18.3 Å². The van der Waals surface area contributed by atoms with Crippen LogP contribution in [0.15, 0.2) is 45.8 Å². The van der Waals surface area contributed by atoms with E-state index in [1.165, 1.54) is 18.2 Å². The zero-order chi connectivity index (χ0) is 15.6. The van der Waals surface area contributed by atoms with Crippen molar-refractivity contribution in [2.75, 3.05) is 10.5 Å². The molecule has 108 valence electrons. The number of nitrogens with one attached hydrogen (secondary N) is 1. The molecule has 0 bridgehead atoms. The van der Waals surface area contributed by atoms with E-state index < -0.39 is 10.0 Å². The Hall–Kier alpha value is -2.04. The second kappa shape index (κ2) is 5.76. The molecule has 0 unspecified atom stereocenters. The average molecular weight is 366 g/mol. The Morgan fingerprint density at radius 1 is 1.24 bits per heavy atom. The number of benzene rings is 2. The van der Waals surface area contributed by atoms with E-state index in [4.69, 9.17) is 11.0 Å². The third-order valence-corrected chi connectivity index (χ3v) is 5.13. The average Bonchev–Trinajstić information content (AvgIpc) is 2.42. The minimum absolute atomic E-state index is 0.00803. The largest absolute Gasteiger partial charge is 0.399 e. The molecule has 0 aromatic heterocycles. The van der Waals surface area contributed by atoms with Crippen LogP contribution in [0.25, 0.3) is 0 Å². The quantitative estimate of drug-likeness (QED) is 0.817. The lowest BCUT2D eigenvalue weighted by Gasteiger charge is -2.10. The van der Waals surface area contributed by atoms with Crippen molar-refractivity contribution in [2.45, 2.75) is 11.8 Å². The Labute approximate surface area is 131 Å². The third-order valence-electron chi connectivity index (χ3n) is 2.84. The molecule has 0 fully saturated rings. The fraction of sp³-hybridized carbons (Fsp3) is 0.0714. The highest BCUT2D eigenvalue weighted by Gasteiger charge is 2.19. The van der Waals surface area contributed by atoms with E-state index in [9.17, 15) is 8.42 Å². The molecule has 7 heteroatoms. The maximum Gasteiger partial charge on any atom is 0.263 e. The molecular weight excluding hydrogens is 354 g/mol. The molecule has 21 heavy (non-hydrogen) atoms. The van der Waals surface area contributed by atoms with Crippen molar-refractivity contribution < 1.29 is 8.42 Å². The lowest BCUT2D eigenvalue weighted by atomic mass is 10.2. The molecule has 2 aromatic carbocycles. The van der Waals surface area contributed by atoms with Gasteiger partial charge in [-0.05, 0) is 42.8 Å². The summed E-state index contributed by atoms with van der Waals surface area (Å²) in [4.78, 5) is -0.101. The van der Waals surface area contributed by atoms with Crippen LogP contribution in [-0.2, 0) is 10.0 Å². The van der Waals surface area contributed by atoms with Gasteiger partial charge in [-0.1, -0.05) is 22.0 Å². The Morgan fingerprint density at radius 3 is 2.57 bits per heavy atom. The van der Waals surface area contributed by atoms with Gasteiger partial charge in [-0.2, -0.15) is 5.26 Å². The van der Waals surface area contributed by atoms with Gasteiger partial charge in [0, 0.05) is 15.8 Å². The highest BCUT2D eigenvalue weighted by Crippen LogP contribution is 2.25. The zero-order valence-corrected chi connectivity index (χ0v) is 13.5. The number of nitrogens with two attached hydrogens (primary N) is 1. The van der Waals surface area contributed by atoms with E-state index >= 15 is 0 Å². The van der Waals surface area contributed by atoms with Crippen molar-refractivity contribution in [1.82, 2.24) is 0 Å². The number of hydrogen-bond acceptors (Lipinski definition) is 4. The summed E-state index contributed by atoms with van der Waals surface area (Å²) in [6.45, 7) is 1.90. The number of nitrogen functional groups attached to an aromatic ring is 1. The van der Waals surface area contributed by atoms with E-state index in [1.807, 2.05) is 13.0 Å². The van der Waals surface area contributed by atoms with Crippen LogP contribution in [0.5, 0.6) is 0 Å². The van der Waals surface area contributed by atoms with Crippen LogP contribution in [-0.4, -0.2) is 8.42 Å². The molecule has 0 aliphatic carbocycles. The van der Waals surface area contributed by atoms with Gasteiger partial charge in [-0.3, -0.25) is 4.72 Å². The Morgan fingerprint density at radius 2 is 1.95 bits per heavy atom. The van der Waals surface area contributed by atoms with Gasteiger partial charge in [-0.15, -0.1) is 0 Å². The van der Waals surface area contributed by atoms with Gasteiger partial charge >= 0.3 is 0 Å². The molecule has 3 N–H and O–H groups in total. The van der Waals surface area contributed by atoms with Crippen molar-refractivity contribution >= 4 is 37.3 Å². The number of rotatable bonds is 3. The number of hydrogen-bond donors (Lipinski definition) is 2. The van der Waals surface area contributed by atoms with Crippen molar-refractivity contribution in [3.05, 3.63) is 52.0 Å². The van der Waals surface area contributed by atoms with Crippen molar-refractivity contribution in [1.29, 1.82) is 5.26 Å². The molecule has 2 aromatic rings. The first-order valence-electron chi connectivity index (χ1n) is 5.92. The van der Waals surface area contributed by atoms with Crippen molar-refractivity contribution in [3.63, 3.8) is 0 Å². The van der Waals surface area contributed by atoms with E-state index in [1.54, 1.807) is 18.2 Å². The Bertz CT molecular complexity index is 842. The molecule has 5 nitrogen and oxygen atoms in total. The third kappa shape index (κ3) is 3.35. The molecule has 0 saturated carbocycles. The summed E-state index contributed by atoms with van der Waals surface area (Å²) < 4.78 is 28.0. The van der Waals surface area contributed by atoms with Crippen molar-refractivity contribution in [2.24, 2.45) is 0 Å². The minimum atomic E-state index is -3.85. The molecule has 0 spiro atoms. The van der Waals surface area contributed by atoms with Gasteiger partial charge in [-0.25, -0.2) is 8.42 Å². The maximum atomic E-state index is 12.4. The summed E-state index contributed by atoms with van der Waals surface area (Å²) in [5.74, 6) is 0. The van der Waals surface area contributed by atoms with Crippen LogP contribution in [0.3, 0.4) is 0 Å². The Kier molecular flexibility index (Phi) is 4.21. The predicted octanol–water partition coefficient (Wildman–Crippen LogP) is 3.01. The van der Waals surface area contributed by atoms with Crippen LogP contribution in [0.4, 0.5) is 11.4 Å². The summed E-state index contributed by atoms with van der Waals surface area (Å²) in [6, 6.07) is 11.0. The molecule has 0 atom stereocenters. The maximum absolute atomic E-state index is 12.4. The summed E-state index contributed by atoms with van der Waals surface area (Å²) in [6.07, 6.45) is 0. The number of nitrogens with zero attached hydrogens (tertiary/aromatic N) is 1. The number of nitriles is 1. The first-order chi connectivity index (χ1) is 9.83. The molecule has 0 aliphatic heterocycles. The van der Waals surface area contributed by atoms with E-state index in [0.29, 0.717) is 11.4 Å². The van der Waals surface area contributed by atoms with Gasteiger partial charge in [0.2, 0.25) is 0 Å².